The van der Waals surface area contributed by atoms with Crippen LogP contribution >= 0.6 is 11.6 Å². The monoisotopic (exact) mass is 472 g/mol. The van der Waals surface area contributed by atoms with Crippen molar-refractivity contribution in [2.75, 3.05) is 5.32 Å². The first-order valence-electron chi connectivity index (χ1n) is 10.8. The molecule has 34 heavy (non-hydrogen) atoms. The third-order valence-electron chi connectivity index (χ3n) is 5.69. The van der Waals surface area contributed by atoms with Gasteiger partial charge in [0.1, 0.15) is 16.5 Å². The number of anilines is 1. The predicted molar refractivity (Wildman–Crippen MR) is 132 cm³/mol. The van der Waals surface area contributed by atoms with Crippen LogP contribution in [0.25, 0.3) is 33.9 Å². The van der Waals surface area contributed by atoms with Gasteiger partial charge in [-0.05, 0) is 44.5 Å². The molecule has 7 nitrogen and oxygen atoms in total. The van der Waals surface area contributed by atoms with E-state index in [1.165, 1.54) is 6.39 Å². The quantitative estimate of drug-likeness (QED) is 0.298. The highest BCUT2D eigenvalue weighted by Crippen LogP contribution is 2.34. The van der Waals surface area contributed by atoms with Gasteiger partial charge in [-0.2, -0.15) is 0 Å². The van der Waals surface area contributed by atoms with Crippen molar-refractivity contribution in [2.24, 2.45) is 0 Å². The number of fused-ring (bicyclic) bond motifs is 1. The highest BCUT2D eigenvalue weighted by molar-refractivity contribution is 6.29. The van der Waals surface area contributed by atoms with Gasteiger partial charge in [0.25, 0.3) is 5.89 Å². The second kappa shape index (κ2) is 8.76. The molecule has 0 fully saturated rings. The number of hydrogen-bond donors (Lipinski definition) is 1. The second-order valence-electron chi connectivity index (χ2n) is 8.12. The summed E-state index contributed by atoms with van der Waals surface area (Å²) in [5.74, 6) is 0.815. The molecule has 0 aliphatic carbocycles. The van der Waals surface area contributed by atoms with Gasteiger partial charge in [-0.3, -0.25) is 4.79 Å². The Labute approximate surface area is 200 Å². The average molecular weight is 473 g/mol. The molecule has 1 atom stereocenters. The summed E-state index contributed by atoms with van der Waals surface area (Å²) in [7, 11) is 0. The highest BCUT2D eigenvalue weighted by atomic mass is 35.5. The van der Waals surface area contributed by atoms with Crippen LogP contribution in [0.4, 0.5) is 5.69 Å². The lowest BCUT2D eigenvalue weighted by Crippen LogP contribution is -2.13. The molecular weight excluding hydrogens is 452 g/mol. The van der Waals surface area contributed by atoms with Gasteiger partial charge >= 0.3 is 0 Å². The van der Waals surface area contributed by atoms with Crippen molar-refractivity contribution in [3.8, 4) is 22.9 Å². The molecule has 1 N–H and O–H groups in total. The van der Waals surface area contributed by atoms with Gasteiger partial charge in [0.15, 0.2) is 11.1 Å². The molecular formula is C26H21ClN4O3. The molecule has 5 aromatic rings. The lowest BCUT2D eigenvalue weighted by molar-refractivity contribution is 0.566. The van der Waals surface area contributed by atoms with Gasteiger partial charge in [-0.1, -0.05) is 48.0 Å². The van der Waals surface area contributed by atoms with Crippen molar-refractivity contribution >= 4 is 28.3 Å². The number of hydrogen-bond acceptors (Lipinski definition) is 7. The molecule has 0 aliphatic heterocycles. The number of benzene rings is 2. The molecule has 5 rings (SSSR count). The zero-order valence-corrected chi connectivity index (χ0v) is 19.6. The van der Waals surface area contributed by atoms with E-state index in [0.29, 0.717) is 38.8 Å². The minimum absolute atomic E-state index is 0.0445. The molecule has 0 spiro atoms. The molecule has 0 saturated carbocycles. The molecule has 3 heterocycles. The third-order valence-corrected chi connectivity index (χ3v) is 5.90. The SMILES string of the molecule is Cc1cc([C@@H](C)Nc2ccc(Cl)nc2-c2nnco2)c2oc(-c3ccccc3)c(C)c(=O)c2c1. The summed E-state index contributed by atoms with van der Waals surface area (Å²) < 4.78 is 11.8. The maximum atomic E-state index is 13.3. The molecule has 0 saturated heterocycles. The van der Waals surface area contributed by atoms with E-state index in [2.05, 4.69) is 20.5 Å². The number of nitrogens with one attached hydrogen (secondary N) is 1. The maximum absolute atomic E-state index is 13.3. The van der Waals surface area contributed by atoms with Crippen LogP contribution in [-0.2, 0) is 0 Å². The van der Waals surface area contributed by atoms with Crippen LogP contribution in [0.15, 0.2) is 74.6 Å². The number of aromatic nitrogens is 3. The van der Waals surface area contributed by atoms with Gasteiger partial charge < -0.3 is 14.2 Å². The summed E-state index contributed by atoms with van der Waals surface area (Å²) in [4.78, 5) is 17.7. The fraction of sp³-hybridized carbons (Fsp3) is 0.154. The maximum Gasteiger partial charge on any atom is 0.268 e. The van der Waals surface area contributed by atoms with E-state index >= 15 is 0 Å². The Morgan fingerprint density at radius 3 is 2.59 bits per heavy atom. The van der Waals surface area contributed by atoms with Gasteiger partial charge in [0.2, 0.25) is 6.39 Å². The summed E-state index contributed by atoms with van der Waals surface area (Å²) in [6.07, 6.45) is 1.24. The van der Waals surface area contributed by atoms with Gasteiger partial charge in [-0.25, -0.2) is 4.98 Å². The van der Waals surface area contributed by atoms with Crippen LogP contribution in [0.1, 0.15) is 29.7 Å². The Morgan fingerprint density at radius 1 is 1.06 bits per heavy atom. The van der Waals surface area contributed by atoms with E-state index in [-0.39, 0.29) is 17.4 Å². The van der Waals surface area contributed by atoms with E-state index in [9.17, 15) is 4.79 Å². The summed E-state index contributed by atoms with van der Waals surface area (Å²) in [5.41, 5.74) is 4.84. The van der Waals surface area contributed by atoms with Crippen LogP contribution in [0, 0.1) is 13.8 Å². The summed E-state index contributed by atoms with van der Waals surface area (Å²) in [6, 6.07) is 16.8. The van der Waals surface area contributed by atoms with E-state index in [1.807, 2.05) is 56.3 Å². The zero-order chi connectivity index (χ0) is 23.8. The summed E-state index contributed by atoms with van der Waals surface area (Å²) >= 11 is 6.12. The van der Waals surface area contributed by atoms with Crippen molar-refractivity contribution in [1.29, 1.82) is 0 Å². The van der Waals surface area contributed by atoms with Crippen molar-refractivity contribution < 1.29 is 8.83 Å². The molecule has 0 amide bonds. The number of rotatable bonds is 5. The topological polar surface area (TPSA) is 94.1 Å². The van der Waals surface area contributed by atoms with E-state index in [0.717, 1.165) is 16.7 Å². The Morgan fingerprint density at radius 2 is 1.85 bits per heavy atom. The summed E-state index contributed by atoms with van der Waals surface area (Å²) in [5, 5.41) is 12.0. The Bertz CT molecular complexity index is 1550. The zero-order valence-electron chi connectivity index (χ0n) is 18.8. The Kier molecular flexibility index (Phi) is 5.63. The van der Waals surface area contributed by atoms with E-state index in [1.54, 1.807) is 19.1 Å². The van der Waals surface area contributed by atoms with Crippen molar-refractivity contribution in [3.63, 3.8) is 0 Å². The van der Waals surface area contributed by atoms with Crippen LogP contribution in [0.2, 0.25) is 5.15 Å². The first-order valence-corrected chi connectivity index (χ1v) is 11.1. The molecule has 2 aromatic carbocycles. The molecule has 0 radical (unpaired) electrons. The van der Waals surface area contributed by atoms with Crippen LogP contribution in [0.3, 0.4) is 0 Å². The molecule has 0 aliphatic rings. The van der Waals surface area contributed by atoms with Crippen molar-refractivity contribution in [2.45, 2.75) is 26.8 Å². The van der Waals surface area contributed by atoms with Crippen LogP contribution < -0.4 is 10.7 Å². The minimum atomic E-state index is -0.249. The highest BCUT2D eigenvalue weighted by Gasteiger charge is 2.21. The first-order chi connectivity index (χ1) is 16.4. The minimum Gasteiger partial charge on any atom is -0.455 e. The largest absolute Gasteiger partial charge is 0.455 e. The fourth-order valence-corrected chi connectivity index (χ4v) is 4.20. The fourth-order valence-electron chi connectivity index (χ4n) is 4.06. The Balaban J connectivity index is 1.65. The van der Waals surface area contributed by atoms with Crippen molar-refractivity contribution in [3.05, 3.63) is 93.1 Å². The Hall–Kier alpha value is -3.97. The van der Waals surface area contributed by atoms with E-state index < -0.39 is 0 Å². The smallest absolute Gasteiger partial charge is 0.268 e. The van der Waals surface area contributed by atoms with Gasteiger partial charge in [0.05, 0.1) is 17.1 Å². The van der Waals surface area contributed by atoms with Crippen LogP contribution in [-0.4, -0.2) is 15.2 Å². The summed E-state index contributed by atoms with van der Waals surface area (Å²) in [6.45, 7) is 5.75. The molecule has 0 bridgehead atoms. The average Bonchev–Trinajstić information content (AvgIpc) is 3.38. The second-order valence-corrected chi connectivity index (χ2v) is 8.51. The predicted octanol–water partition coefficient (Wildman–Crippen LogP) is 6.35. The van der Waals surface area contributed by atoms with Crippen LogP contribution in [0.5, 0.6) is 0 Å². The standard InChI is InChI=1S/C26H21ClN4O3/c1-14-11-18(16(3)29-20-9-10-21(27)30-22(20)26-31-28-13-33-26)25-19(12-14)23(32)15(2)24(34-25)17-7-5-4-6-8-17/h4-13,16,29H,1-3H3/t16-/m1/s1. The first kappa shape index (κ1) is 21.9. The lowest BCUT2D eigenvalue weighted by atomic mass is 9.98. The number of halogens is 1. The molecule has 0 unspecified atom stereocenters. The number of nitrogens with zero attached hydrogens (tertiary/aromatic N) is 3. The van der Waals surface area contributed by atoms with Gasteiger partial charge in [0, 0.05) is 16.7 Å². The normalized spacial score (nSPS) is 12.1. The molecule has 170 valence electrons. The third kappa shape index (κ3) is 3.95. The number of aryl methyl sites for hydroxylation is 1. The number of pyridine rings is 1. The van der Waals surface area contributed by atoms with Crippen molar-refractivity contribution in [1.82, 2.24) is 15.2 Å². The molecule has 8 heteroatoms. The van der Waals surface area contributed by atoms with E-state index in [4.69, 9.17) is 20.4 Å². The van der Waals surface area contributed by atoms with Gasteiger partial charge in [-0.15, -0.1) is 10.2 Å². The lowest BCUT2D eigenvalue weighted by Gasteiger charge is -2.19. The molecule has 3 aromatic heterocycles.